The molecule has 0 amide bonds. The molecule has 53 heavy (non-hydrogen) atoms. The van der Waals surface area contributed by atoms with E-state index in [0.717, 1.165) is 61.7 Å². The summed E-state index contributed by atoms with van der Waals surface area (Å²) in [5.41, 5.74) is 4.18. The summed E-state index contributed by atoms with van der Waals surface area (Å²) in [4.78, 5) is 66.8. The van der Waals surface area contributed by atoms with Gasteiger partial charge in [-0.25, -0.2) is 9.97 Å². The molecule has 10 rings (SSSR count). The number of hydrogen-bond acceptors (Lipinski definition) is 9. The van der Waals surface area contributed by atoms with Crippen molar-refractivity contribution in [3.63, 3.8) is 0 Å². The fourth-order valence-electron chi connectivity index (χ4n) is 7.16. The number of carbonyl (C=O) groups is 2. The fourth-order valence-corrected chi connectivity index (χ4v) is 10.5. The van der Waals surface area contributed by atoms with E-state index in [-0.39, 0.29) is 22.7 Å². The highest BCUT2D eigenvalue weighted by atomic mass is 32.1. The SMILES string of the molecule is O=C(/C=C/c1ccccc1)CCc1cc2c(nc3c4sc5c6c(ccc(c(=O)n23)c46)c(=O)n2c3cc(CCC(=O)/C=C/c4ccccc4)sc3nc52)s1. The predicted octanol–water partition coefficient (Wildman–Crippen LogP) is 8.96. The van der Waals surface area contributed by atoms with Gasteiger partial charge in [-0.05, 0) is 60.4 Å². The van der Waals surface area contributed by atoms with Crippen molar-refractivity contribution in [1.82, 2.24) is 18.8 Å². The van der Waals surface area contributed by atoms with Crippen LogP contribution < -0.4 is 11.1 Å². The summed E-state index contributed by atoms with van der Waals surface area (Å²) in [7, 11) is 0. The highest BCUT2D eigenvalue weighted by Crippen LogP contribution is 2.44. The zero-order valence-corrected chi connectivity index (χ0v) is 30.3. The first kappa shape index (κ1) is 31.8. The van der Waals surface area contributed by atoms with Crippen molar-refractivity contribution in [3.05, 3.63) is 139 Å². The van der Waals surface area contributed by atoms with E-state index in [4.69, 9.17) is 9.97 Å². The van der Waals surface area contributed by atoms with Crippen molar-refractivity contribution in [2.75, 3.05) is 0 Å². The molecule has 3 aromatic carbocycles. The van der Waals surface area contributed by atoms with Gasteiger partial charge in [0.1, 0.15) is 9.66 Å². The maximum atomic E-state index is 14.1. The molecule has 10 aromatic rings. The number of ketones is 2. The quantitative estimate of drug-likeness (QED) is 0.102. The molecule has 0 aliphatic heterocycles. The van der Waals surface area contributed by atoms with E-state index in [9.17, 15) is 19.2 Å². The topological polar surface area (TPSA) is 103 Å². The van der Waals surface area contributed by atoms with Crippen molar-refractivity contribution >= 4 is 121 Å². The Bertz CT molecular complexity index is 3040. The van der Waals surface area contributed by atoms with Crippen molar-refractivity contribution in [3.8, 4) is 0 Å². The lowest BCUT2D eigenvalue weighted by Gasteiger charge is -2.04. The summed E-state index contributed by atoms with van der Waals surface area (Å²) in [5.74, 6) is 0.0749. The smallest absolute Gasteiger partial charge is 0.264 e. The van der Waals surface area contributed by atoms with Crippen LogP contribution in [0, 0.1) is 0 Å². The van der Waals surface area contributed by atoms with Crippen LogP contribution in [0.15, 0.2) is 107 Å². The summed E-state index contributed by atoms with van der Waals surface area (Å²) in [6.07, 6.45) is 8.72. The summed E-state index contributed by atoms with van der Waals surface area (Å²) < 4.78 is 5.04. The number of imidazole rings is 2. The second-order valence-electron chi connectivity index (χ2n) is 13.0. The van der Waals surface area contributed by atoms with Crippen LogP contribution in [0.2, 0.25) is 0 Å². The first-order valence-electron chi connectivity index (χ1n) is 17.1. The maximum Gasteiger partial charge on any atom is 0.264 e. The number of pyridine rings is 2. The Morgan fingerprint density at radius 3 is 1.45 bits per heavy atom. The van der Waals surface area contributed by atoms with Gasteiger partial charge in [0.25, 0.3) is 11.1 Å². The predicted molar refractivity (Wildman–Crippen MR) is 218 cm³/mol. The average Bonchev–Trinajstić information content (AvgIpc) is 3.99. The highest BCUT2D eigenvalue weighted by molar-refractivity contribution is 7.27. The first-order chi connectivity index (χ1) is 25.9. The van der Waals surface area contributed by atoms with Crippen molar-refractivity contribution in [2.45, 2.75) is 25.7 Å². The molecule has 0 bridgehead atoms. The van der Waals surface area contributed by atoms with Gasteiger partial charge in [0.05, 0.1) is 20.4 Å². The molecule has 0 atom stereocenters. The second-order valence-corrected chi connectivity index (χ2v) is 16.3. The van der Waals surface area contributed by atoms with E-state index in [0.29, 0.717) is 47.8 Å². The van der Waals surface area contributed by atoms with Crippen molar-refractivity contribution < 1.29 is 9.59 Å². The molecule has 0 aliphatic rings. The number of allylic oxidation sites excluding steroid dienone is 2. The van der Waals surface area contributed by atoms with Crippen molar-refractivity contribution in [2.24, 2.45) is 0 Å². The lowest BCUT2D eigenvalue weighted by molar-refractivity contribution is -0.115. The van der Waals surface area contributed by atoms with Crippen LogP contribution in [0.5, 0.6) is 0 Å². The Hall–Kier alpha value is -5.88. The molecule has 0 aliphatic carbocycles. The molecule has 7 heterocycles. The summed E-state index contributed by atoms with van der Waals surface area (Å²) in [6, 6.07) is 26.9. The molecule has 8 nitrogen and oxygen atoms in total. The van der Waals surface area contributed by atoms with Gasteiger partial charge < -0.3 is 0 Å². The monoisotopic (exact) mass is 746 g/mol. The molecule has 0 spiro atoms. The highest BCUT2D eigenvalue weighted by Gasteiger charge is 2.26. The van der Waals surface area contributed by atoms with Gasteiger partial charge in [-0.3, -0.25) is 28.0 Å². The van der Waals surface area contributed by atoms with Crippen LogP contribution in [0.25, 0.3) is 75.1 Å². The molecule has 0 fully saturated rings. The number of rotatable bonds is 10. The molecule has 256 valence electrons. The molecule has 0 unspecified atom stereocenters. The van der Waals surface area contributed by atoms with E-state index < -0.39 is 0 Å². The van der Waals surface area contributed by atoms with E-state index >= 15 is 0 Å². The lowest BCUT2D eigenvalue weighted by atomic mass is 10.0. The fraction of sp³-hybridized carbons (Fsp3) is 0.0952. The Kier molecular flexibility index (Phi) is 7.43. The van der Waals surface area contributed by atoms with Crippen LogP contribution in [-0.2, 0) is 22.4 Å². The number of fused-ring (bicyclic) bond motifs is 8. The van der Waals surface area contributed by atoms with Gasteiger partial charge in [0.2, 0.25) is 0 Å². The Morgan fingerprint density at radius 1 is 0.585 bits per heavy atom. The zero-order valence-electron chi connectivity index (χ0n) is 27.9. The Labute approximate surface area is 311 Å². The first-order valence-corrected chi connectivity index (χ1v) is 19.6. The number of nitrogens with zero attached hydrogens (tertiary/aromatic N) is 4. The Balaban J connectivity index is 0.996. The minimum Gasteiger partial charge on any atom is -0.295 e. The number of thiophene rings is 3. The molecule has 0 saturated heterocycles. The summed E-state index contributed by atoms with van der Waals surface area (Å²) in [5, 5.41) is 2.57. The average molecular weight is 747 g/mol. The Morgan fingerprint density at radius 2 is 1.02 bits per heavy atom. The summed E-state index contributed by atoms with van der Waals surface area (Å²) >= 11 is 4.50. The van der Waals surface area contributed by atoms with Crippen LogP contribution in [-0.4, -0.2) is 30.3 Å². The summed E-state index contributed by atoms with van der Waals surface area (Å²) in [6.45, 7) is 0. The number of aryl methyl sites for hydroxylation is 2. The molecule has 11 heteroatoms. The van der Waals surface area contributed by atoms with Gasteiger partial charge >= 0.3 is 0 Å². The van der Waals surface area contributed by atoms with E-state index in [1.165, 1.54) is 34.0 Å². The van der Waals surface area contributed by atoms with Gasteiger partial charge in [0, 0.05) is 44.1 Å². The molecule has 0 N–H and O–H groups in total. The van der Waals surface area contributed by atoms with Crippen LogP contribution in [0.4, 0.5) is 0 Å². The number of carbonyl (C=O) groups excluding carboxylic acids is 2. The lowest BCUT2D eigenvalue weighted by Crippen LogP contribution is -2.15. The standard InChI is InChI=1S/C42H26N4O4S3/c47-25(13-11-23-7-3-1-4-8-23)15-17-27-21-31-39(51-27)43-37-35-33-29(41(49)45(31)37)19-20-30-34(33)36(53-35)38-44-40-32(46(38)42(30)50)22-28(52-40)18-16-26(48)14-12-24-9-5-2-6-10-24/h1-14,19-22H,15-18H2/b13-11+,14-12+. The third-order valence-electron chi connectivity index (χ3n) is 9.70. The number of hydrogen-bond donors (Lipinski definition) is 0. The van der Waals surface area contributed by atoms with Crippen LogP contribution in [0.1, 0.15) is 33.7 Å². The zero-order chi connectivity index (χ0) is 35.8. The molecule has 7 aromatic heterocycles. The third-order valence-corrected chi connectivity index (χ3v) is 13.0. The van der Waals surface area contributed by atoms with Gasteiger partial charge in [0.15, 0.2) is 22.9 Å². The molecule has 0 saturated carbocycles. The number of aromatic nitrogens is 4. The normalized spacial score (nSPS) is 12.6. The van der Waals surface area contributed by atoms with Crippen molar-refractivity contribution in [1.29, 1.82) is 0 Å². The molecule has 0 radical (unpaired) electrons. The van der Waals surface area contributed by atoms with Crippen LogP contribution >= 0.6 is 34.0 Å². The second kappa shape index (κ2) is 12.4. The molecular weight excluding hydrogens is 721 g/mol. The van der Waals surface area contributed by atoms with E-state index in [1.54, 1.807) is 33.1 Å². The maximum absolute atomic E-state index is 14.1. The minimum atomic E-state index is -0.183. The van der Waals surface area contributed by atoms with Crippen LogP contribution in [0.3, 0.4) is 0 Å². The number of benzene rings is 3. The van der Waals surface area contributed by atoms with Gasteiger partial charge in [-0.2, -0.15) is 0 Å². The van der Waals surface area contributed by atoms with E-state index in [1.807, 2.05) is 84.9 Å². The third kappa shape index (κ3) is 5.22. The largest absolute Gasteiger partial charge is 0.295 e. The van der Waals surface area contributed by atoms with E-state index in [2.05, 4.69) is 0 Å². The molecular formula is C42H26N4O4S3. The van der Waals surface area contributed by atoms with Gasteiger partial charge in [-0.1, -0.05) is 72.8 Å². The minimum absolute atomic E-state index is 0.0375. The van der Waals surface area contributed by atoms with Gasteiger partial charge in [-0.15, -0.1) is 34.0 Å².